The van der Waals surface area contributed by atoms with E-state index >= 15 is 0 Å². The van der Waals surface area contributed by atoms with Gasteiger partial charge < -0.3 is 24.5 Å². The molecule has 0 saturated carbocycles. The van der Waals surface area contributed by atoms with Crippen LogP contribution in [0.5, 0.6) is 0 Å². The number of hydrogen-bond donors (Lipinski definition) is 2. The number of rotatable bonds is 10. The lowest BCUT2D eigenvalue weighted by Gasteiger charge is -2.31. The Labute approximate surface area is 320 Å². The molecule has 4 heterocycles. The summed E-state index contributed by atoms with van der Waals surface area (Å²) in [4.78, 5) is 59.4. The average molecular weight is 736 g/mol. The zero-order chi connectivity index (χ0) is 38.1. The van der Waals surface area contributed by atoms with Gasteiger partial charge in [0.25, 0.3) is 0 Å². The fourth-order valence-corrected chi connectivity index (χ4v) is 7.97. The zero-order valence-electron chi connectivity index (χ0n) is 31.4. The number of nitrogens with zero attached hydrogens (tertiary/aromatic N) is 5. The van der Waals surface area contributed by atoms with E-state index in [4.69, 9.17) is 9.40 Å². The Hall–Kier alpha value is -6.07. The first kappa shape index (κ1) is 35.9. The van der Waals surface area contributed by atoms with Crippen LogP contribution in [0.1, 0.15) is 60.3 Å². The Balaban J connectivity index is 0.971. The maximum Gasteiger partial charge on any atom is 0.247 e. The molecule has 280 valence electrons. The summed E-state index contributed by atoms with van der Waals surface area (Å²) in [7, 11) is 3.88. The van der Waals surface area contributed by atoms with Crippen LogP contribution in [0.2, 0.25) is 0 Å². The van der Waals surface area contributed by atoms with Gasteiger partial charge in [0, 0.05) is 29.9 Å². The third-order valence-electron chi connectivity index (χ3n) is 10.8. The van der Waals surface area contributed by atoms with Gasteiger partial charge in [-0.1, -0.05) is 66.7 Å². The smallest absolute Gasteiger partial charge is 0.247 e. The Morgan fingerprint density at radius 1 is 0.891 bits per heavy atom. The molecule has 2 aromatic heterocycles. The van der Waals surface area contributed by atoms with Gasteiger partial charge in [-0.15, -0.1) is 0 Å². The van der Waals surface area contributed by atoms with Gasteiger partial charge in [0.1, 0.15) is 17.9 Å². The lowest BCUT2D eigenvalue weighted by molar-refractivity contribution is -0.137. The van der Waals surface area contributed by atoms with Crippen molar-refractivity contribution in [1.29, 1.82) is 0 Å². The van der Waals surface area contributed by atoms with Crippen molar-refractivity contribution >= 4 is 34.4 Å². The highest BCUT2D eigenvalue weighted by Gasteiger charge is 2.37. The lowest BCUT2D eigenvalue weighted by Crippen LogP contribution is -2.43. The summed E-state index contributed by atoms with van der Waals surface area (Å²) in [5.41, 5.74) is 6.66. The van der Waals surface area contributed by atoms with Crippen LogP contribution in [0.4, 0.5) is 5.69 Å². The van der Waals surface area contributed by atoms with Gasteiger partial charge in [-0.2, -0.15) is 0 Å². The van der Waals surface area contributed by atoms with Crippen LogP contribution in [0.15, 0.2) is 108 Å². The monoisotopic (exact) mass is 735 g/mol. The second-order valence-corrected chi connectivity index (χ2v) is 14.8. The average Bonchev–Trinajstić information content (AvgIpc) is 4.02. The Kier molecular flexibility index (Phi) is 10.0. The summed E-state index contributed by atoms with van der Waals surface area (Å²) in [6, 6.07) is 30.1. The van der Waals surface area contributed by atoms with Crippen molar-refractivity contribution in [2.45, 2.75) is 57.2 Å². The quantitative estimate of drug-likeness (QED) is 0.151. The number of amides is 3. The van der Waals surface area contributed by atoms with Gasteiger partial charge in [0.2, 0.25) is 23.6 Å². The highest BCUT2D eigenvalue weighted by Crippen LogP contribution is 2.36. The van der Waals surface area contributed by atoms with Crippen molar-refractivity contribution in [3.63, 3.8) is 0 Å². The molecule has 2 fully saturated rings. The number of carbonyl (C=O) groups is 3. The Morgan fingerprint density at radius 3 is 2.40 bits per heavy atom. The Bertz CT molecular complexity index is 2330. The molecule has 0 spiro atoms. The number of benzene rings is 4. The van der Waals surface area contributed by atoms with Crippen LogP contribution in [0.25, 0.3) is 33.8 Å². The molecule has 2 N–H and O–H groups in total. The standard InChI is InChI=1S/C44H45N7O4/c1-28-18-19-32(26-34(28)48-42(53)37-17-11-22-50(37)39(52)24-29-12-6-4-7-13-29)43-45-27-38(55-43)31-20-21-33-35(25-31)47-41(46-33)36-16-10-23-51(36)44(54)40(49(2)3)30-14-8-5-9-15-30/h4-9,12-15,18-21,25-27,36-37,40H,10-11,16-17,22-24H2,1-3H3,(H,46,47)(H,48,53)/t36-,37-,40+/m0/s1. The molecule has 11 heteroatoms. The number of oxazole rings is 1. The molecule has 0 aliphatic carbocycles. The second kappa shape index (κ2) is 15.3. The minimum absolute atomic E-state index is 0.0428. The van der Waals surface area contributed by atoms with E-state index in [0.29, 0.717) is 36.8 Å². The van der Waals surface area contributed by atoms with E-state index in [9.17, 15) is 14.4 Å². The number of aromatic nitrogens is 3. The van der Waals surface area contributed by atoms with Gasteiger partial charge in [0.05, 0.1) is 29.7 Å². The maximum absolute atomic E-state index is 14.0. The summed E-state index contributed by atoms with van der Waals surface area (Å²) in [5.74, 6) is 1.62. The minimum atomic E-state index is -0.521. The maximum atomic E-state index is 14.0. The number of hydrogen-bond acceptors (Lipinski definition) is 7. The predicted octanol–water partition coefficient (Wildman–Crippen LogP) is 7.33. The molecule has 6 aromatic rings. The molecule has 8 rings (SSSR count). The summed E-state index contributed by atoms with van der Waals surface area (Å²) < 4.78 is 6.29. The Morgan fingerprint density at radius 2 is 1.62 bits per heavy atom. The number of aromatic amines is 1. The van der Waals surface area contributed by atoms with Crippen molar-refractivity contribution in [2.75, 3.05) is 32.5 Å². The van der Waals surface area contributed by atoms with E-state index in [1.54, 1.807) is 11.1 Å². The third-order valence-corrected chi connectivity index (χ3v) is 10.8. The molecule has 0 unspecified atom stereocenters. The largest absolute Gasteiger partial charge is 0.436 e. The number of anilines is 1. The van der Waals surface area contributed by atoms with Crippen LogP contribution < -0.4 is 5.32 Å². The van der Waals surface area contributed by atoms with Crippen molar-refractivity contribution in [1.82, 2.24) is 29.7 Å². The summed E-state index contributed by atoms with van der Waals surface area (Å²) >= 11 is 0. The number of imidazole rings is 1. The van der Waals surface area contributed by atoms with Crippen molar-refractivity contribution in [3.8, 4) is 22.8 Å². The summed E-state index contributed by atoms with van der Waals surface area (Å²) in [6.45, 7) is 3.19. The highest BCUT2D eigenvalue weighted by atomic mass is 16.4. The SMILES string of the molecule is Cc1ccc(-c2ncc(-c3ccc4nc([C@@H]5CCCN5C(=O)[C@@H](c5ccccc5)N(C)C)[nH]c4c3)o2)cc1NC(=O)[C@@H]1CCCN1C(=O)Cc1ccccc1. The number of H-pyrrole nitrogens is 1. The second-order valence-electron chi connectivity index (χ2n) is 14.8. The molecule has 0 bridgehead atoms. The van der Waals surface area contributed by atoms with Gasteiger partial charge in [0.15, 0.2) is 5.76 Å². The van der Waals surface area contributed by atoms with E-state index in [1.807, 2.05) is 128 Å². The number of carbonyl (C=O) groups excluding carboxylic acids is 3. The molecule has 11 nitrogen and oxygen atoms in total. The highest BCUT2D eigenvalue weighted by molar-refractivity contribution is 5.98. The molecule has 3 atom stereocenters. The van der Waals surface area contributed by atoms with Crippen LogP contribution in [-0.2, 0) is 20.8 Å². The summed E-state index contributed by atoms with van der Waals surface area (Å²) in [6.07, 6.45) is 5.12. The molecule has 0 radical (unpaired) electrons. The van der Waals surface area contributed by atoms with E-state index in [1.165, 1.54) is 0 Å². The van der Waals surface area contributed by atoms with E-state index < -0.39 is 6.04 Å². The fraction of sp³-hybridized carbons (Fsp3) is 0.295. The van der Waals surface area contributed by atoms with Crippen molar-refractivity contribution in [2.24, 2.45) is 0 Å². The van der Waals surface area contributed by atoms with E-state index in [0.717, 1.165) is 63.9 Å². The molecule has 2 saturated heterocycles. The molecule has 4 aromatic carbocycles. The van der Waals surface area contributed by atoms with E-state index in [2.05, 4.69) is 15.3 Å². The lowest BCUT2D eigenvalue weighted by atomic mass is 10.0. The first-order chi connectivity index (χ1) is 26.7. The topological polar surface area (TPSA) is 128 Å². The molecular formula is C44H45N7O4. The van der Waals surface area contributed by atoms with E-state index in [-0.39, 0.29) is 36.2 Å². The number of fused-ring (bicyclic) bond motifs is 1. The van der Waals surface area contributed by atoms with Gasteiger partial charge in [-0.25, -0.2) is 9.97 Å². The first-order valence-corrected chi connectivity index (χ1v) is 19.0. The van der Waals surface area contributed by atoms with Crippen LogP contribution >= 0.6 is 0 Å². The van der Waals surface area contributed by atoms with Crippen molar-refractivity contribution < 1.29 is 18.8 Å². The molecule has 2 aliphatic heterocycles. The van der Waals surface area contributed by atoms with Crippen molar-refractivity contribution in [3.05, 3.63) is 126 Å². The van der Waals surface area contributed by atoms with Gasteiger partial charge in [-0.05, 0) is 93.7 Å². The van der Waals surface area contributed by atoms with Gasteiger partial charge >= 0.3 is 0 Å². The predicted molar refractivity (Wildman–Crippen MR) is 212 cm³/mol. The third kappa shape index (κ3) is 7.40. The van der Waals surface area contributed by atoms with Crippen LogP contribution in [0, 0.1) is 6.92 Å². The summed E-state index contributed by atoms with van der Waals surface area (Å²) in [5, 5.41) is 3.08. The van der Waals surface area contributed by atoms with Crippen LogP contribution in [-0.4, -0.2) is 80.6 Å². The molecule has 3 amide bonds. The zero-order valence-corrected chi connectivity index (χ0v) is 31.4. The molecule has 55 heavy (non-hydrogen) atoms. The first-order valence-electron chi connectivity index (χ1n) is 19.0. The van der Waals surface area contributed by atoms with Gasteiger partial charge in [-0.3, -0.25) is 19.3 Å². The molecular weight excluding hydrogens is 691 g/mol. The number of likely N-dealkylation sites (tertiary alicyclic amines) is 2. The fourth-order valence-electron chi connectivity index (χ4n) is 7.97. The number of nitrogens with one attached hydrogen (secondary N) is 2. The number of likely N-dealkylation sites (N-methyl/N-ethyl adjacent to an activating group) is 1. The number of aryl methyl sites for hydroxylation is 1. The normalized spacial score (nSPS) is 17.6. The molecule has 2 aliphatic rings. The van der Waals surface area contributed by atoms with Crippen LogP contribution in [0.3, 0.4) is 0 Å². The minimum Gasteiger partial charge on any atom is -0.436 e.